The number of amides is 1. The summed E-state index contributed by atoms with van der Waals surface area (Å²) in [6.45, 7) is 6.38. The number of nitrogens with zero attached hydrogens (tertiary/aromatic N) is 1. The van der Waals surface area contributed by atoms with E-state index in [-0.39, 0.29) is 5.91 Å². The number of halogens is 1. The van der Waals surface area contributed by atoms with Gasteiger partial charge in [0.1, 0.15) is 0 Å². The van der Waals surface area contributed by atoms with Gasteiger partial charge in [0.25, 0.3) is 5.91 Å². The van der Waals surface area contributed by atoms with E-state index < -0.39 is 0 Å². The summed E-state index contributed by atoms with van der Waals surface area (Å²) in [6, 6.07) is 11.9. The van der Waals surface area contributed by atoms with Crippen molar-refractivity contribution >= 4 is 34.2 Å². The molecule has 0 aliphatic carbocycles. The lowest BCUT2D eigenvalue weighted by Gasteiger charge is -2.23. The molecule has 0 atom stereocenters. The number of benzene rings is 2. The summed E-state index contributed by atoms with van der Waals surface area (Å²) in [5, 5.41) is 3.00. The minimum Gasteiger partial charge on any atom is -0.493 e. The second-order valence-corrected chi connectivity index (χ2v) is 7.02. The van der Waals surface area contributed by atoms with E-state index in [2.05, 4.69) is 70.9 Å². The normalized spacial score (nSPS) is 10.3. The minimum atomic E-state index is -0.115. The summed E-state index contributed by atoms with van der Waals surface area (Å²) < 4.78 is 11.4. The molecule has 1 amide bonds. The topological polar surface area (TPSA) is 50.8 Å². The first-order valence-electron chi connectivity index (χ1n) is 8.51. The molecule has 0 bridgehead atoms. The van der Waals surface area contributed by atoms with E-state index in [9.17, 15) is 4.79 Å². The molecule has 1 N–H and O–H groups in total. The van der Waals surface area contributed by atoms with Crippen molar-refractivity contribution in [3.05, 3.63) is 51.1 Å². The summed E-state index contributed by atoms with van der Waals surface area (Å²) in [5.41, 5.74) is 2.98. The molecule has 0 aliphatic heterocycles. The molecule has 2 aromatic carbocycles. The molecule has 6 heteroatoms. The predicted molar refractivity (Wildman–Crippen MR) is 114 cm³/mol. The number of hydrogen-bond donors (Lipinski definition) is 1. The van der Waals surface area contributed by atoms with Gasteiger partial charge in [-0.1, -0.05) is 12.1 Å². The van der Waals surface area contributed by atoms with E-state index in [1.807, 2.05) is 0 Å². The van der Waals surface area contributed by atoms with Crippen LogP contribution in [0.1, 0.15) is 22.8 Å². The Labute approximate surface area is 168 Å². The number of carbonyl (C=O) groups is 1. The van der Waals surface area contributed by atoms with Gasteiger partial charge in [0.15, 0.2) is 11.5 Å². The molecule has 140 valence electrons. The van der Waals surface area contributed by atoms with Crippen molar-refractivity contribution in [1.82, 2.24) is 5.32 Å². The third-order valence-electron chi connectivity index (χ3n) is 4.13. The van der Waals surface area contributed by atoms with Crippen molar-refractivity contribution < 1.29 is 14.3 Å². The minimum absolute atomic E-state index is 0.115. The van der Waals surface area contributed by atoms with Gasteiger partial charge in [-0.3, -0.25) is 4.79 Å². The highest BCUT2D eigenvalue weighted by Gasteiger charge is 2.15. The first-order valence-corrected chi connectivity index (χ1v) is 9.59. The molecule has 0 saturated heterocycles. The number of anilines is 1. The van der Waals surface area contributed by atoms with Crippen LogP contribution < -0.4 is 19.7 Å². The van der Waals surface area contributed by atoms with Crippen molar-refractivity contribution in [2.45, 2.75) is 13.8 Å². The summed E-state index contributed by atoms with van der Waals surface area (Å²) in [4.78, 5) is 14.8. The number of rotatable bonds is 8. The number of ether oxygens (including phenoxy) is 2. The number of hydrogen-bond acceptors (Lipinski definition) is 4. The maximum atomic E-state index is 12.6. The third-order valence-corrected chi connectivity index (χ3v) is 5.03. The van der Waals surface area contributed by atoms with Crippen LogP contribution in [0.25, 0.3) is 0 Å². The molecule has 0 aromatic heterocycles. The van der Waals surface area contributed by atoms with Crippen LogP contribution in [0.15, 0.2) is 36.4 Å². The van der Waals surface area contributed by atoms with Gasteiger partial charge < -0.3 is 19.7 Å². The SMILES string of the molecule is CCN(CCNC(=O)c1cc(OC)c(OC)cc1I)c1cccc(C)c1. The Kier molecular flexibility index (Phi) is 7.56. The Morgan fingerprint density at radius 2 is 1.85 bits per heavy atom. The van der Waals surface area contributed by atoms with E-state index in [0.717, 1.165) is 16.7 Å². The third kappa shape index (κ3) is 5.03. The Bertz CT molecular complexity index is 765. The van der Waals surface area contributed by atoms with Gasteiger partial charge >= 0.3 is 0 Å². The average molecular weight is 468 g/mol. The lowest BCUT2D eigenvalue weighted by atomic mass is 10.2. The van der Waals surface area contributed by atoms with Crippen molar-refractivity contribution in [2.24, 2.45) is 0 Å². The smallest absolute Gasteiger partial charge is 0.252 e. The van der Waals surface area contributed by atoms with Gasteiger partial charge in [-0.05, 0) is 66.3 Å². The van der Waals surface area contributed by atoms with Crippen LogP contribution in [-0.4, -0.2) is 39.8 Å². The molecule has 2 rings (SSSR count). The van der Waals surface area contributed by atoms with Gasteiger partial charge in [0.05, 0.1) is 19.8 Å². The van der Waals surface area contributed by atoms with Crippen LogP contribution in [-0.2, 0) is 0 Å². The first-order chi connectivity index (χ1) is 12.5. The molecule has 0 fully saturated rings. The summed E-state index contributed by atoms with van der Waals surface area (Å²) in [7, 11) is 3.14. The highest BCUT2D eigenvalue weighted by molar-refractivity contribution is 14.1. The molecule has 26 heavy (non-hydrogen) atoms. The molecule has 0 unspecified atom stereocenters. The second kappa shape index (κ2) is 9.66. The molecule has 0 heterocycles. The summed E-state index contributed by atoms with van der Waals surface area (Å²) in [6.07, 6.45) is 0. The number of methoxy groups -OCH3 is 2. The van der Waals surface area contributed by atoms with E-state index in [0.29, 0.717) is 23.6 Å². The molecule has 0 radical (unpaired) electrons. The Balaban J connectivity index is 2.02. The fourth-order valence-electron chi connectivity index (χ4n) is 2.72. The molecule has 5 nitrogen and oxygen atoms in total. The quantitative estimate of drug-likeness (QED) is 0.598. The molecule has 0 saturated carbocycles. The van der Waals surface area contributed by atoms with E-state index >= 15 is 0 Å². The lowest BCUT2D eigenvalue weighted by molar-refractivity contribution is 0.0953. The fourth-order valence-corrected chi connectivity index (χ4v) is 3.41. The van der Waals surface area contributed by atoms with Crippen LogP contribution >= 0.6 is 22.6 Å². The van der Waals surface area contributed by atoms with Gasteiger partial charge in [-0.15, -0.1) is 0 Å². The van der Waals surface area contributed by atoms with Crippen molar-refractivity contribution in [1.29, 1.82) is 0 Å². The van der Waals surface area contributed by atoms with Crippen molar-refractivity contribution in [3.63, 3.8) is 0 Å². The fraction of sp³-hybridized carbons (Fsp3) is 0.350. The highest BCUT2D eigenvalue weighted by atomic mass is 127. The maximum absolute atomic E-state index is 12.6. The van der Waals surface area contributed by atoms with Crippen LogP contribution in [0.5, 0.6) is 11.5 Å². The van der Waals surface area contributed by atoms with Crippen LogP contribution in [0.4, 0.5) is 5.69 Å². The second-order valence-electron chi connectivity index (χ2n) is 5.86. The lowest BCUT2D eigenvalue weighted by Crippen LogP contribution is -2.35. The van der Waals surface area contributed by atoms with Gasteiger partial charge in [-0.25, -0.2) is 0 Å². The maximum Gasteiger partial charge on any atom is 0.252 e. The summed E-state index contributed by atoms with van der Waals surface area (Å²) >= 11 is 2.14. The van der Waals surface area contributed by atoms with Crippen LogP contribution in [0.3, 0.4) is 0 Å². The molecular weight excluding hydrogens is 443 g/mol. The van der Waals surface area contributed by atoms with Crippen LogP contribution in [0.2, 0.25) is 0 Å². The van der Waals surface area contributed by atoms with Gasteiger partial charge in [-0.2, -0.15) is 0 Å². The van der Waals surface area contributed by atoms with Crippen molar-refractivity contribution in [3.8, 4) is 11.5 Å². The largest absolute Gasteiger partial charge is 0.493 e. The molecule has 0 spiro atoms. The zero-order valence-corrected chi connectivity index (χ0v) is 17.8. The highest BCUT2D eigenvalue weighted by Crippen LogP contribution is 2.31. The number of nitrogens with one attached hydrogen (secondary N) is 1. The average Bonchev–Trinajstić information content (AvgIpc) is 2.64. The zero-order valence-electron chi connectivity index (χ0n) is 15.6. The van der Waals surface area contributed by atoms with Crippen molar-refractivity contribution in [2.75, 3.05) is 38.8 Å². The van der Waals surface area contributed by atoms with Gasteiger partial charge in [0, 0.05) is 28.9 Å². The van der Waals surface area contributed by atoms with E-state index in [1.54, 1.807) is 26.4 Å². The number of aryl methyl sites for hydroxylation is 1. The van der Waals surface area contributed by atoms with Crippen LogP contribution in [0, 0.1) is 10.5 Å². The molecule has 0 aliphatic rings. The Hall–Kier alpha value is -1.96. The summed E-state index contributed by atoms with van der Waals surface area (Å²) in [5.74, 6) is 1.05. The zero-order chi connectivity index (χ0) is 19.1. The van der Waals surface area contributed by atoms with E-state index in [4.69, 9.17) is 9.47 Å². The Morgan fingerprint density at radius 1 is 1.15 bits per heavy atom. The molecular formula is C20H25IN2O3. The monoisotopic (exact) mass is 468 g/mol. The molecule has 2 aromatic rings. The number of carbonyl (C=O) groups excluding carboxylic acids is 1. The standard InChI is InChI=1S/C20H25IN2O3/c1-5-23(15-8-6-7-14(2)11-15)10-9-22-20(24)16-12-18(25-3)19(26-4)13-17(16)21/h6-8,11-13H,5,9-10H2,1-4H3,(H,22,24). The first kappa shape index (κ1) is 20.4. The van der Waals surface area contributed by atoms with E-state index in [1.165, 1.54) is 11.3 Å². The van der Waals surface area contributed by atoms with Gasteiger partial charge in [0.2, 0.25) is 0 Å². The predicted octanol–water partition coefficient (Wildman–Crippen LogP) is 3.87. The Morgan fingerprint density at radius 3 is 2.46 bits per heavy atom. The number of likely N-dealkylation sites (N-methyl/N-ethyl adjacent to an activating group) is 1.